The second-order valence-corrected chi connectivity index (χ2v) is 8.50. The van der Waals surface area contributed by atoms with Crippen LogP contribution in [0.3, 0.4) is 0 Å². The number of hydrogen-bond acceptors (Lipinski definition) is 4. The van der Waals surface area contributed by atoms with Gasteiger partial charge in [0, 0.05) is 25.4 Å². The Morgan fingerprint density at radius 3 is 2.69 bits per heavy atom. The van der Waals surface area contributed by atoms with E-state index < -0.39 is 0 Å². The fourth-order valence-electron chi connectivity index (χ4n) is 4.52. The van der Waals surface area contributed by atoms with Crippen LogP contribution in [0.1, 0.15) is 40.4 Å². The Kier molecular flexibility index (Phi) is 5.94. The zero-order valence-electron chi connectivity index (χ0n) is 19.9. The number of aryl methyl sites for hydroxylation is 1. The summed E-state index contributed by atoms with van der Waals surface area (Å²) in [7, 11) is 3.24. The van der Waals surface area contributed by atoms with Crippen molar-refractivity contribution in [1.82, 2.24) is 24.4 Å². The number of allylic oxidation sites excluding steroid dienone is 1. The summed E-state index contributed by atoms with van der Waals surface area (Å²) in [6.45, 7) is 2.67. The van der Waals surface area contributed by atoms with Crippen LogP contribution in [0, 0.1) is 12.7 Å². The van der Waals surface area contributed by atoms with Gasteiger partial charge in [0.05, 0.1) is 30.5 Å². The number of imidazole rings is 2. The summed E-state index contributed by atoms with van der Waals surface area (Å²) >= 11 is 0. The number of nitrogens with zero attached hydrogens (tertiary/aromatic N) is 4. The van der Waals surface area contributed by atoms with Crippen molar-refractivity contribution < 1.29 is 13.9 Å². The molecule has 0 atom stereocenters. The molecule has 0 saturated carbocycles. The first-order chi connectivity index (χ1) is 17.0. The van der Waals surface area contributed by atoms with Gasteiger partial charge in [-0.15, -0.1) is 0 Å². The highest BCUT2D eigenvalue weighted by molar-refractivity contribution is 5.99. The van der Waals surface area contributed by atoms with Gasteiger partial charge < -0.3 is 19.2 Å². The largest absolute Gasteiger partial charge is 0.495 e. The lowest BCUT2D eigenvalue weighted by Gasteiger charge is -2.20. The Labute approximate surface area is 202 Å². The number of halogens is 1. The molecule has 35 heavy (non-hydrogen) atoms. The average Bonchev–Trinajstić information content (AvgIpc) is 3.48. The Morgan fingerprint density at radius 1 is 1.20 bits per heavy atom. The Morgan fingerprint density at radius 2 is 2.00 bits per heavy atom. The maximum atomic E-state index is 13.6. The van der Waals surface area contributed by atoms with E-state index in [4.69, 9.17) is 9.72 Å². The van der Waals surface area contributed by atoms with Crippen molar-refractivity contribution in [2.45, 2.75) is 26.3 Å². The highest BCUT2D eigenvalue weighted by Crippen LogP contribution is 2.35. The van der Waals surface area contributed by atoms with Crippen LogP contribution in [0.15, 0.2) is 55.0 Å². The van der Waals surface area contributed by atoms with E-state index in [1.165, 1.54) is 12.1 Å². The third kappa shape index (κ3) is 4.23. The number of fused-ring (bicyclic) bond motifs is 1. The number of rotatable bonds is 5. The maximum absolute atomic E-state index is 13.6. The van der Waals surface area contributed by atoms with Crippen molar-refractivity contribution >= 4 is 17.6 Å². The van der Waals surface area contributed by atoms with Gasteiger partial charge in [-0.2, -0.15) is 0 Å². The van der Waals surface area contributed by atoms with Crippen LogP contribution in [0.4, 0.5) is 4.39 Å². The van der Waals surface area contributed by atoms with Crippen molar-refractivity contribution in [3.8, 4) is 22.7 Å². The molecule has 4 aromatic rings. The molecule has 178 valence electrons. The number of benzene rings is 2. The van der Waals surface area contributed by atoms with Crippen molar-refractivity contribution in [2.24, 2.45) is 0 Å². The van der Waals surface area contributed by atoms with Gasteiger partial charge in [0.15, 0.2) is 5.69 Å². The van der Waals surface area contributed by atoms with Crippen molar-refractivity contribution in [3.63, 3.8) is 0 Å². The molecule has 1 aliphatic heterocycles. The summed E-state index contributed by atoms with van der Waals surface area (Å²) in [5, 5.41) is 2.68. The molecular weight excluding hydrogens is 445 g/mol. The predicted octanol–water partition coefficient (Wildman–Crippen LogP) is 4.89. The van der Waals surface area contributed by atoms with Gasteiger partial charge >= 0.3 is 0 Å². The zero-order valence-corrected chi connectivity index (χ0v) is 19.9. The molecule has 3 heterocycles. The highest BCUT2D eigenvalue weighted by Gasteiger charge is 2.27. The van der Waals surface area contributed by atoms with Crippen LogP contribution >= 0.6 is 0 Å². The van der Waals surface area contributed by atoms with Gasteiger partial charge in [-0.3, -0.25) is 4.79 Å². The van der Waals surface area contributed by atoms with E-state index in [9.17, 15) is 9.18 Å². The normalized spacial score (nSPS) is 14.1. The number of amides is 1. The highest BCUT2D eigenvalue weighted by atomic mass is 19.1. The van der Waals surface area contributed by atoms with E-state index in [1.807, 2.05) is 35.9 Å². The van der Waals surface area contributed by atoms with Gasteiger partial charge in [0.1, 0.15) is 17.4 Å². The molecule has 1 amide bonds. The van der Waals surface area contributed by atoms with Crippen molar-refractivity contribution in [2.75, 3.05) is 14.2 Å². The number of nitrogens with one attached hydrogen (secondary N) is 1. The maximum Gasteiger partial charge on any atom is 0.271 e. The molecule has 0 bridgehead atoms. The lowest BCUT2D eigenvalue weighted by molar-refractivity contribution is 0.0959. The molecule has 8 heteroatoms. The molecule has 5 rings (SSSR count). The van der Waals surface area contributed by atoms with Crippen LogP contribution in [0.25, 0.3) is 28.6 Å². The minimum atomic E-state index is -0.322. The number of hydrogen-bond donors (Lipinski definition) is 1. The van der Waals surface area contributed by atoms with Gasteiger partial charge in [-0.05, 0) is 73.4 Å². The summed E-state index contributed by atoms with van der Waals surface area (Å²) in [4.78, 5) is 21.8. The topological polar surface area (TPSA) is 74.0 Å². The number of methoxy groups -OCH3 is 1. The zero-order chi connectivity index (χ0) is 24.5. The van der Waals surface area contributed by atoms with Crippen LogP contribution in [-0.4, -0.2) is 39.2 Å². The first kappa shape index (κ1) is 22.6. The molecule has 0 radical (unpaired) electrons. The van der Waals surface area contributed by atoms with E-state index in [-0.39, 0.29) is 11.7 Å². The summed E-state index contributed by atoms with van der Waals surface area (Å²) in [6, 6.07) is 12.2. The fourth-order valence-corrected chi connectivity index (χ4v) is 4.52. The number of carbonyl (C=O) groups is 1. The third-order valence-corrected chi connectivity index (χ3v) is 6.18. The SMILES string of the molecule is CNC(=O)c1nc2n(c1-c1ccc(F)cc1)CCC/C2=C\c1ccc(-n2cnc(C)c2)c(OC)c1. The van der Waals surface area contributed by atoms with Crippen LogP contribution in [-0.2, 0) is 6.54 Å². The second-order valence-electron chi connectivity index (χ2n) is 8.50. The third-order valence-electron chi connectivity index (χ3n) is 6.18. The molecule has 0 spiro atoms. The molecule has 7 nitrogen and oxygen atoms in total. The summed E-state index contributed by atoms with van der Waals surface area (Å²) < 4.78 is 23.2. The molecule has 0 unspecified atom stereocenters. The van der Waals surface area contributed by atoms with Gasteiger partial charge in [0.2, 0.25) is 0 Å². The predicted molar refractivity (Wildman–Crippen MR) is 133 cm³/mol. The Bertz CT molecular complexity index is 1430. The van der Waals surface area contributed by atoms with Crippen LogP contribution < -0.4 is 10.1 Å². The monoisotopic (exact) mass is 471 g/mol. The molecule has 2 aromatic heterocycles. The molecular formula is C27H26FN5O2. The lowest BCUT2D eigenvalue weighted by atomic mass is 10.0. The molecule has 0 fully saturated rings. The van der Waals surface area contributed by atoms with Gasteiger partial charge in [-0.1, -0.05) is 6.07 Å². The number of carbonyl (C=O) groups excluding carboxylic acids is 1. The van der Waals surface area contributed by atoms with E-state index in [0.29, 0.717) is 11.4 Å². The van der Waals surface area contributed by atoms with Gasteiger partial charge in [-0.25, -0.2) is 14.4 Å². The number of ether oxygens (including phenoxy) is 1. The number of aromatic nitrogens is 4. The van der Waals surface area contributed by atoms with E-state index >= 15 is 0 Å². The molecule has 0 aliphatic carbocycles. The molecule has 0 saturated heterocycles. The summed E-state index contributed by atoms with van der Waals surface area (Å²) in [5.41, 5.74) is 5.63. The first-order valence-corrected chi connectivity index (χ1v) is 11.5. The minimum Gasteiger partial charge on any atom is -0.495 e. The van der Waals surface area contributed by atoms with Crippen LogP contribution in [0.2, 0.25) is 0 Å². The average molecular weight is 472 g/mol. The first-order valence-electron chi connectivity index (χ1n) is 11.5. The van der Waals surface area contributed by atoms with Crippen molar-refractivity contribution in [1.29, 1.82) is 0 Å². The Balaban J connectivity index is 1.59. The summed E-state index contributed by atoms with van der Waals surface area (Å²) in [5.74, 6) is 0.890. The summed E-state index contributed by atoms with van der Waals surface area (Å²) in [6.07, 6.45) is 7.54. The van der Waals surface area contributed by atoms with E-state index in [1.54, 1.807) is 32.6 Å². The molecule has 1 N–H and O–H groups in total. The standard InChI is InChI=1S/C27H26FN5O2/c1-17-15-32(16-30-17)22-11-6-18(14-23(22)35-3)13-20-5-4-12-33-25(19-7-9-21(28)10-8-19)24(27(34)29-2)31-26(20)33/h6-11,13-16H,4-5,12H2,1-3H3,(H,29,34)/b20-13+. The Hall–Kier alpha value is -4.20. The van der Waals surface area contributed by atoms with Crippen molar-refractivity contribution in [3.05, 3.63) is 83.6 Å². The quantitative estimate of drug-likeness (QED) is 0.450. The molecule has 2 aromatic carbocycles. The van der Waals surface area contributed by atoms with Gasteiger partial charge in [0.25, 0.3) is 5.91 Å². The smallest absolute Gasteiger partial charge is 0.271 e. The lowest BCUT2D eigenvalue weighted by Crippen LogP contribution is -2.19. The second kappa shape index (κ2) is 9.21. The molecule has 1 aliphatic rings. The van der Waals surface area contributed by atoms with E-state index in [2.05, 4.69) is 20.9 Å². The minimum absolute atomic E-state index is 0.271. The van der Waals surface area contributed by atoms with E-state index in [0.717, 1.165) is 59.0 Å². The van der Waals surface area contributed by atoms with Crippen LogP contribution in [0.5, 0.6) is 5.75 Å². The fraction of sp³-hybridized carbons (Fsp3) is 0.222.